The maximum absolute atomic E-state index is 6.52. The third-order valence-electron chi connectivity index (χ3n) is 13.4. The molecule has 5 aliphatic rings. The number of rotatable bonds is 6. The summed E-state index contributed by atoms with van der Waals surface area (Å²) in [6, 6.07) is 0. The normalized spacial score (nSPS) is 52.1. The Morgan fingerprint density at radius 1 is 0.879 bits per heavy atom. The van der Waals surface area contributed by atoms with Gasteiger partial charge in [0.15, 0.2) is 0 Å². The van der Waals surface area contributed by atoms with E-state index < -0.39 is 0 Å². The second-order valence-electron chi connectivity index (χ2n) is 16.0. The van der Waals surface area contributed by atoms with Gasteiger partial charge in [-0.15, -0.1) is 0 Å². The Bertz CT molecular complexity index is 764. The first-order valence-electron chi connectivity index (χ1n) is 14.8. The van der Waals surface area contributed by atoms with Gasteiger partial charge in [-0.3, -0.25) is 0 Å². The van der Waals surface area contributed by atoms with Crippen molar-refractivity contribution >= 4 is 0 Å². The highest BCUT2D eigenvalue weighted by Gasteiger charge is 2.90. The van der Waals surface area contributed by atoms with Crippen molar-refractivity contribution in [1.29, 1.82) is 0 Å². The molecule has 10 atom stereocenters. The molecule has 5 aliphatic carbocycles. The smallest absolute Gasteiger partial charge is 0.0644 e. The highest BCUT2D eigenvalue weighted by atomic mass is 16.5. The minimum atomic E-state index is 0.412. The van der Waals surface area contributed by atoms with Gasteiger partial charge in [0.2, 0.25) is 0 Å². The van der Waals surface area contributed by atoms with Crippen LogP contribution in [0.3, 0.4) is 0 Å². The molecule has 1 nitrogen and oxygen atoms in total. The number of hydrogen-bond acceptors (Lipinski definition) is 1. The van der Waals surface area contributed by atoms with Crippen molar-refractivity contribution in [2.75, 3.05) is 7.11 Å². The maximum atomic E-state index is 6.52. The topological polar surface area (TPSA) is 9.23 Å². The van der Waals surface area contributed by atoms with Gasteiger partial charge in [-0.05, 0) is 102 Å². The lowest BCUT2D eigenvalue weighted by atomic mass is 9.44. The molecule has 0 N–H and O–H groups in total. The van der Waals surface area contributed by atoms with Gasteiger partial charge in [-0.1, -0.05) is 81.6 Å². The van der Waals surface area contributed by atoms with Crippen LogP contribution in [0.5, 0.6) is 0 Å². The summed E-state index contributed by atoms with van der Waals surface area (Å²) in [6.45, 7) is 23.2. The van der Waals surface area contributed by atoms with Crippen LogP contribution in [0.25, 0.3) is 0 Å². The van der Waals surface area contributed by atoms with Gasteiger partial charge in [0.25, 0.3) is 0 Å². The Morgan fingerprint density at radius 2 is 1.58 bits per heavy atom. The van der Waals surface area contributed by atoms with E-state index in [1.165, 1.54) is 57.8 Å². The monoisotopic (exact) mass is 456 g/mol. The molecule has 5 rings (SSSR count). The summed E-state index contributed by atoms with van der Waals surface area (Å²) in [4.78, 5) is 0. The number of hydrogen-bond donors (Lipinski definition) is 0. The Morgan fingerprint density at radius 3 is 2.18 bits per heavy atom. The molecule has 0 bridgehead atoms. The summed E-state index contributed by atoms with van der Waals surface area (Å²) >= 11 is 0. The zero-order valence-corrected chi connectivity index (χ0v) is 23.9. The van der Waals surface area contributed by atoms with Crippen LogP contribution < -0.4 is 0 Å². The Balaban J connectivity index is 1.42. The van der Waals surface area contributed by atoms with Crippen LogP contribution in [0.4, 0.5) is 0 Å². The van der Waals surface area contributed by atoms with Crippen molar-refractivity contribution in [1.82, 2.24) is 0 Å². The first kappa shape index (κ1) is 24.6. The second kappa shape index (κ2) is 7.49. The molecule has 190 valence electrons. The molecule has 5 saturated carbocycles. The van der Waals surface area contributed by atoms with Crippen molar-refractivity contribution in [2.24, 2.45) is 68.5 Å². The maximum Gasteiger partial charge on any atom is 0.0644 e. The van der Waals surface area contributed by atoms with Crippen LogP contribution >= 0.6 is 0 Å². The van der Waals surface area contributed by atoms with Gasteiger partial charge in [0.05, 0.1) is 6.10 Å². The standard InChI is InChI=1S/C32H56O/c1-20(2)12-11-13-21(3)23-14-15-24-22-18-26(33-10)32-27(29(32,6)7)28(4,5)19-31(32,9)25(22)16-17-30(23,24)8/h20-27H,11-19H2,1-10H3/t21-,22+,23-,24+,25+,26-,27-,30-,31-,32-/m1/s1. The average molecular weight is 457 g/mol. The average Bonchev–Trinajstić information content (AvgIpc) is 2.95. The lowest BCUT2D eigenvalue weighted by Crippen LogP contribution is -2.58. The Kier molecular flexibility index (Phi) is 5.59. The van der Waals surface area contributed by atoms with E-state index in [4.69, 9.17) is 4.74 Å². The highest BCUT2D eigenvalue weighted by Crippen LogP contribution is 2.92. The Hall–Kier alpha value is -0.0400. The molecule has 0 amide bonds. The summed E-state index contributed by atoms with van der Waals surface area (Å²) in [5.41, 5.74) is 2.32. The van der Waals surface area contributed by atoms with Crippen LogP contribution in [0.2, 0.25) is 0 Å². The van der Waals surface area contributed by atoms with E-state index >= 15 is 0 Å². The zero-order chi connectivity index (χ0) is 24.2. The van der Waals surface area contributed by atoms with E-state index in [-0.39, 0.29) is 0 Å². The first-order valence-corrected chi connectivity index (χ1v) is 14.8. The van der Waals surface area contributed by atoms with Crippen LogP contribution in [-0.4, -0.2) is 13.2 Å². The largest absolute Gasteiger partial charge is 0.381 e. The third-order valence-corrected chi connectivity index (χ3v) is 13.4. The van der Waals surface area contributed by atoms with Crippen molar-refractivity contribution < 1.29 is 4.74 Å². The molecular weight excluding hydrogens is 400 g/mol. The van der Waals surface area contributed by atoms with E-state index in [2.05, 4.69) is 62.3 Å². The van der Waals surface area contributed by atoms with Gasteiger partial charge < -0.3 is 4.74 Å². The van der Waals surface area contributed by atoms with Crippen molar-refractivity contribution in [3.8, 4) is 0 Å². The number of ether oxygens (including phenoxy) is 1. The van der Waals surface area contributed by atoms with E-state index in [0.717, 1.165) is 41.4 Å². The van der Waals surface area contributed by atoms with Crippen LogP contribution in [0.1, 0.15) is 120 Å². The SMILES string of the molecule is CO[C@@H]1C[C@H]2[C@@H]3CC[C@H]([C@H](C)CCCC(C)C)[C@@]3(C)CC[C@@H]2[C@@]2(C)CC(C)(C)[C@@H]3C(C)(C)[C@]312. The number of methoxy groups -OCH3 is 1. The predicted octanol–water partition coefficient (Wildman–Crippen LogP) is 9.00. The third kappa shape index (κ3) is 2.93. The molecule has 0 saturated heterocycles. The molecule has 1 heteroatoms. The fourth-order valence-corrected chi connectivity index (χ4v) is 13.2. The lowest BCUT2D eigenvalue weighted by molar-refractivity contribution is -0.174. The van der Waals surface area contributed by atoms with Gasteiger partial charge in [-0.25, -0.2) is 0 Å². The minimum absolute atomic E-state index is 0.412. The first-order chi connectivity index (χ1) is 15.3. The summed E-state index contributed by atoms with van der Waals surface area (Å²) in [5.74, 6) is 6.28. The predicted molar refractivity (Wildman–Crippen MR) is 140 cm³/mol. The molecular formula is C32H56O. The summed E-state index contributed by atoms with van der Waals surface area (Å²) in [6.07, 6.45) is 13.5. The van der Waals surface area contributed by atoms with Crippen LogP contribution in [0, 0.1) is 68.5 Å². The van der Waals surface area contributed by atoms with Gasteiger partial charge in [-0.2, -0.15) is 0 Å². The molecule has 0 aromatic heterocycles. The van der Waals surface area contributed by atoms with Crippen LogP contribution in [0.15, 0.2) is 0 Å². The van der Waals surface area contributed by atoms with Crippen LogP contribution in [-0.2, 0) is 4.74 Å². The van der Waals surface area contributed by atoms with E-state index in [9.17, 15) is 0 Å². The van der Waals surface area contributed by atoms with Gasteiger partial charge in [0.1, 0.15) is 0 Å². The molecule has 1 spiro atoms. The molecule has 0 aromatic carbocycles. The molecule has 0 heterocycles. The highest BCUT2D eigenvalue weighted by molar-refractivity contribution is 5.37. The molecule has 5 fully saturated rings. The number of fused-ring (bicyclic) bond motifs is 4. The van der Waals surface area contributed by atoms with E-state index in [0.29, 0.717) is 33.2 Å². The zero-order valence-electron chi connectivity index (χ0n) is 23.9. The quantitative estimate of drug-likeness (QED) is 0.387. The molecule has 0 aliphatic heterocycles. The van der Waals surface area contributed by atoms with E-state index in [1.54, 1.807) is 0 Å². The summed E-state index contributed by atoms with van der Waals surface area (Å²) in [7, 11) is 2.05. The lowest BCUT2D eigenvalue weighted by Gasteiger charge is -2.62. The molecule has 0 radical (unpaired) electrons. The molecule has 0 aromatic rings. The van der Waals surface area contributed by atoms with Gasteiger partial charge >= 0.3 is 0 Å². The minimum Gasteiger partial charge on any atom is -0.381 e. The fraction of sp³-hybridized carbons (Fsp3) is 1.00. The molecule has 33 heavy (non-hydrogen) atoms. The van der Waals surface area contributed by atoms with Gasteiger partial charge in [0, 0.05) is 12.5 Å². The van der Waals surface area contributed by atoms with Crippen molar-refractivity contribution in [3.05, 3.63) is 0 Å². The summed E-state index contributed by atoms with van der Waals surface area (Å²) in [5, 5.41) is 0. The Labute approximate surface area is 206 Å². The van der Waals surface area contributed by atoms with Crippen molar-refractivity contribution in [2.45, 2.75) is 126 Å². The fourth-order valence-electron chi connectivity index (χ4n) is 13.2. The second-order valence-corrected chi connectivity index (χ2v) is 16.0. The summed E-state index contributed by atoms with van der Waals surface area (Å²) < 4.78 is 6.52. The van der Waals surface area contributed by atoms with Crippen molar-refractivity contribution in [3.63, 3.8) is 0 Å². The van der Waals surface area contributed by atoms with E-state index in [1.807, 2.05) is 7.11 Å². The molecule has 0 unspecified atom stereocenters.